The zero-order valence-electron chi connectivity index (χ0n) is 11.8. The minimum absolute atomic E-state index is 0.881. The normalized spacial score (nSPS) is 19.3. The van der Waals surface area contributed by atoms with E-state index in [0.29, 0.717) is 0 Å². The minimum atomic E-state index is 0.881. The Morgan fingerprint density at radius 1 is 0.867 bits per heavy atom. The van der Waals surface area contributed by atoms with Gasteiger partial charge in [-0.15, -0.1) is 0 Å². The van der Waals surface area contributed by atoms with Gasteiger partial charge < -0.3 is 0 Å². The molecule has 0 saturated heterocycles. The van der Waals surface area contributed by atoms with Crippen molar-refractivity contribution in [1.82, 2.24) is 0 Å². The quantitative estimate of drug-likeness (QED) is 0.405. The van der Waals surface area contributed by atoms with Crippen LogP contribution >= 0.6 is 0 Å². The summed E-state index contributed by atoms with van der Waals surface area (Å²) in [6.07, 6.45) is 5.53. The van der Waals surface area contributed by atoms with E-state index < -0.39 is 0 Å². The maximum Gasteiger partial charge on any atom is 0.120 e. The molecule has 1 heteroatoms. The van der Waals surface area contributed by atoms with Gasteiger partial charge in [0.2, 0.25) is 0 Å². The molecular weight excluding hydrogens is 179 g/mol. The zero-order valence-corrected chi connectivity index (χ0v) is 11.8. The van der Waals surface area contributed by atoms with E-state index in [1.807, 2.05) is 0 Å². The fourth-order valence-corrected chi connectivity index (χ4v) is 2.39. The van der Waals surface area contributed by atoms with Gasteiger partial charge in [-0.25, -0.2) is 0 Å². The number of rotatable bonds is 8. The van der Waals surface area contributed by atoms with Crippen LogP contribution in [-0.2, 0) is 0 Å². The van der Waals surface area contributed by atoms with Gasteiger partial charge in [-0.1, -0.05) is 67.0 Å². The van der Waals surface area contributed by atoms with E-state index in [-0.39, 0.29) is 0 Å². The van der Waals surface area contributed by atoms with Crippen molar-refractivity contribution in [2.45, 2.75) is 67.0 Å². The van der Waals surface area contributed by atoms with Crippen LogP contribution in [0.2, 0.25) is 12.6 Å². The van der Waals surface area contributed by atoms with Gasteiger partial charge in [0.1, 0.15) is 7.28 Å². The highest BCUT2D eigenvalue weighted by Gasteiger charge is 2.22. The van der Waals surface area contributed by atoms with Crippen LogP contribution in [0.1, 0.15) is 54.4 Å². The second-order valence-corrected chi connectivity index (χ2v) is 5.58. The minimum Gasteiger partial charge on any atom is -0.0803 e. The lowest BCUT2D eigenvalue weighted by atomic mass is 9.67. The predicted octanol–water partition coefficient (Wildman–Crippen LogP) is 4.62. The molecule has 4 unspecified atom stereocenters. The van der Waals surface area contributed by atoms with Gasteiger partial charge in [-0.3, -0.25) is 0 Å². The van der Waals surface area contributed by atoms with Crippen molar-refractivity contribution in [1.29, 1.82) is 0 Å². The summed E-state index contributed by atoms with van der Waals surface area (Å²) in [6, 6.07) is 0. The second kappa shape index (κ2) is 8.24. The average molecular weight is 210 g/mol. The van der Waals surface area contributed by atoms with Gasteiger partial charge in [-0.05, 0) is 23.7 Å². The van der Waals surface area contributed by atoms with E-state index in [1.54, 1.807) is 0 Å². The van der Waals surface area contributed by atoms with E-state index >= 15 is 0 Å². The molecule has 0 aliphatic heterocycles. The molecule has 0 fully saturated rings. The van der Waals surface area contributed by atoms with Crippen molar-refractivity contribution < 1.29 is 0 Å². The first kappa shape index (κ1) is 15.1. The zero-order chi connectivity index (χ0) is 11.8. The molecule has 0 aromatic heterocycles. The Kier molecular flexibility index (Phi) is 8.28. The fourth-order valence-electron chi connectivity index (χ4n) is 2.39. The largest absolute Gasteiger partial charge is 0.120 e. The van der Waals surface area contributed by atoms with Crippen LogP contribution in [0.25, 0.3) is 0 Å². The van der Waals surface area contributed by atoms with Crippen LogP contribution in [0.4, 0.5) is 0 Å². The van der Waals surface area contributed by atoms with Crippen LogP contribution in [0.3, 0.4) is 0 Å². The molecule has 0 aliphatic carbocycles. The van der Waals surface area contributed by atoms with Gasteiger partial charge in [0, 0.05) is 0 Å². The topological polar surface area (TPSA) is 0 Å². The molecule has 0 saturated carbocycles. The van der Waals surface area contributed by atoms with Crippen LogP contribution in [0, 0.1) is 23.7 Å². The van der Waals surface area contributed by atoms with Crippen molar-refractivity contribution >= 4 is 7.28 Å². The molecule has 90 valence electrons. The lowest BCUT2D eigenvalue weighted by molar-refractivity contribution is 0.205. The summed E-state index contributed by atoms with van der Waals surface area (Å²) in [4.78, 5) is 0. The Morgan fingerprint density at radius 3 is 1.87 bits per heavy atom. The molecule has 0 N–H and O–H groups in total. The summed E-state index contributed by atoms with van der Waals surface area (Å²) in [6.45, 7) is 14.3. The van der Waals surface area contributed by atoms with Gasteiger partial charge in [0.25, 0.3) is 0 Å². The van der Waals surface area contributed by atoms with Crippen LogP contribution in [0.5, 0.6) is 0 Å². The molecule has 0 radical (unpaired) electrons. The van der Waals surface area contributed by atoms with E-state index in [1.165, 1.54) is 32.8 Å². The highest BCUT2D eigenvalue weighted by molar-refractivity contribution is 6.35. The first-order valence-corrected chi connectivity index (χ1v) is 7.04. The molecule has 0 rings (SSSR count). The van der Waals surface area contributed by atoms with Gasteiger partial charge in [0.15, 0.2) is 0 Å². The third kappa shape index (κ3) is 5.63. The summed E-state index contributed by atoms with van der Waals surface area (Å²) >= 11 is 0. The van der Waals surface area contributed by atoms with Crippen LogP contribution < -0.4 is 0 Å². The van der Waals surface area contributed by atoms with E-state index in [9.17, 15) is 0 Å². The Balaban J connectivity index is 3.90. The van der Waals surface area contributed by atoms with E-state index in [0.717, 1.165) is 23.7 Å². The maximum absolute atomic E-state index is 2.45. The first-order valence-electron chi connectivity index (χ1n) is 7.04. The Morgan fingerprint density at radius 2 is 1.40 bits per heavy atom. The van der Waals surface area contributed by atoms with Crippen molar-refractivity contribution in [3.05, 3.63) is 0 Å². The number of hydrogen-bond donors (Lipinski definition) is 0. The summed E-state index contributed by atoms with van der Waals surface area (Å²) in [5.41, 5.74) is 0. The molecule has 0 nitrogen and oxygen atoms in total. The first-order chi connectivity index (χ1) is 7.04. The standard InChI is InChI=1S/C14H31B/c1-7-11(3)13(5)14(6)12(4)9-10-15-8-2/h11-15H,7-10H2,1-6H3. The van der Waals surface area contributed by atoms with E-state index in [2.05, 4.69) is 41.5 Å². The van der Waals surface area contributed by atoms with Gasteiger partial charge in [0.05, 0.1) is 0 Å². The molecular formula is C14H31B. The fraction of sp³-hybridized carbons (Fsp3) is 1.00. The summed E-state index contributed by atoms with van der Waals surface area (Å²) in [5, 5.41) is 0. The maximum atomic E-state index is 2.45. The smallest absolute Gasteiger partial charge is 0.0803 e. The number of hydrogen-bond acceptors (Lipinski definition) is 0. The van der Waals surface area contributed by atoms with Gasteiger partial charge in [-0.2, -0.15) is 0 Å². The van der Waals surface area contributed by atoms with Crippen molar-refractivity contribution in [2.24, 2.45) is 23.7 Å². The SMILES string of the molecule is CCBCCC(C)C(C)C(C)C(C)CC. The Bertz CT molecular complexity index is 144. The highest BCUT2D eigenvalue weighted by atomic mass is 14.3. The molecule has 15 heavy (non-hydrogen) atoms. The van der Waals surface area contributed by atoms with Crippen molar-refractivity contribution in [3.63, 3.8) is 0 Å². The molecule has 0 amide bonds. The molecule has 0 aliphatic rings. The summed E-state index contributed by atoms with van der Waals surface area (Å²) < 4.78 is 0. The summed E-state index contributed by atoms with van der Waals surface area (Å²) in [7, 11) is 1.41. The van der Waals surface area contributed by atoms with Gasteiger partial charge >= 0.3 is 0 Å². The molecule has 0 spiro atoms. The van der Waals surface area contributed by atoms with Crippen LogP contribution in [-0.4, -0.2) is 7.28 Å². The molecule has 4 atom stereocenters. The summed E-state index contributed by atoms with van der Waals surface area (Å²) in [5.74, 6) is 3.55. The molecule has 0 bridgehead atoms. The Labute approximate surface area is 98.5 Å². The van der Waals surface area contributed by atoms with Crippen molar-refractivity contribution in [3.8, 4) is 0 Å². The highest BCUT2D eigenvalue weighted by Crippen LogP contribution is 2.30. The Hall–Kier alpha value is 0.0649. The van der Waals surface area contributed by atoms with Crippen molar-refractivity contribution in [2.75, 3.05) is 0 Å². The lowest BCUT2D eigenvalue weighted by Crippen LogP contribution is -2.22. The molecule has 0 aromatic rings. The molecule has 0 aromatic carbocycles. The molecule has 0 heterocycles. The van der Waals surface area contributed by atoms with Crippen LogP contribution in [0.15, 0.2) is 0 Å². The predicted molar refractivity (Wildman–Crippen MR) is 74.0 cm³/mol. The lowest BCUT2D eigenvalue weighted by Gasteiger charge is -2.30. The second-order valence-electron chi connectivity index (χ2n) is 5.58. The third-order valence-electron chi connectivity index (χ3n) is 4.53. The third-order valence-corrected chi connectivity index (χ3v) is 4.53. The average Bonchev–Trinajstić information content (AvgIpc) is 2.26. The monoisotopic (exact) mass is 210 g/mol. The van der Waals surface area contributed by atoms with E-state index in [4.69, 9.17) is 0 Å².